The van der Waals surface area contributed by atoms with Gasteiger partial charge in [-0.3, -0.25) is 9.36 Å². The van der Waals surface area contributed by atoms with Crippen molar-refractivity contribution in [2.45, 2.75) is 13.0 Å². The first-order valence-corrected chi connectivity index (χ1v) is 9.74. The van der Waals surface area contributed by atoms with Crippen LogP contribution in [0.15, 0.2) is 47.3 Å². The van der Waals surface area contributed by atoms with Crippen LogP contribution in [0.1, 0.15) is 24.4 Å². The molecular formula is C21H16ClFN8O. The molecule has 160 valence electrons. The number of benzene rings is 2. The normalized spacial score (nSPS) is 11.8. The number of nitriles is 1. The number of nitrogens with zero attached hydrogens (tertiary/aromatic N) is 5. The molecule has 0 aliphatic rings. The molecule has 0 aliphatic carbocycles. The third-order valence-corrected chi connectivity index (χ3v) is 4.96. The molecule has 0 spiro atoms. The SMILES string of the molecule is C[C@H](Nc1nc(N)nc(N)c1C#N)c1nc2ccc(F)cc2c(=O)n1-c1cccc(Cl)c1. The highest BCUT2D eigenvalue weighted by atomic mass is 35.5. The van der Waals surface area contributed by atoms with E-state index in [0.717, 1.165) is 6.07 Å². The van der Waals surface area contributed by atoms with E-state index in [1.165, 1.54) is 16.7 Å². The van der Waals surface area contributed by atoms with E-state index in [1.807, 2.05) is 6.07 Å². The van der Waals surface area contributed by atoms with Crippen LogP contribution in [0.5, 0.6) is 0 Å². The molecule has 5 N–H and O–H groups in total. The fourth-order valence-corrected chi connectivity index (χ4v) is 3.50. The van der Waals surface area contributed by atoms with Crippen molar-refractivity contribution in [1.29, 1.82) is 5.26 Å². The van der Waals surface area contributed by atoms with Crippen molar-refractivity contribution in [3.8, 4) is 11.8 Å². The number of hydrogen-bond acceptors (Lipinski definition) is 8. The molecule has 0 bridgehead atoms. The van der Waals surface area contributed by atoms with Gasteiger partial charge in [-0.25, -0.2) is 9.37 Å². The smallest absolute Gasteiger partial charge is 0.266 e. The fraction of sp³-hybridized carbons (Fsp3) is 0.0952. The zero-order valence-corrected chi connectivity index (χ0v) is 17.4. The van der Waals surface area contributed by atoms with Crippen molar-refractivity contribution < 1.29 is 4.39 Å². The Kier molecular flexibility index (Phi) is 5.34. The summed E-state index contributed by atoms with van der Waals surface area (Å²) in [6, 6.07) is 11.7. The predicted molar refractivity (Wildman–Crippen MR) is 120 cm³/mol. The Bertz CT molecular complexity index is 1460. The van der Waals surface area contributed by atoms with E-state index in [2.05, 4.69) is 20.3 Å². The third-order valence-electron chi connectivity index (χ3n) is 4.73. The van der Waals surface area contributed by atoms with Crippen LogP contribution < -0.4 is 22.3 Å². The van der Waals surface area contributed by atoms with Gasteiger partial charge in [-0.05, 0) is 43.3 Å². The molecule has 0 amide bonds. The van der Waals surface area contributed by atoms with Crippen molar-refractivity contribution in [2.75, 3.05) is 16.8 Å². The van der Waals surface area contributed by atoms with E-state index < -0.39 is 17.4 Å². The maximum Gasteiger partial charge on any atom is 0.266 e. The van der Waals surface area contributed by atoms with Gasteiger partial charge in [0.15, 0.2) is 5.82 Å². The minimum Gasteiger partial charge on any atom is -0.382 e. The first-order valence-electron chi connectivity index (χ1n) is 9.36. The maximum absolute atomic E-state index is 13.8. The number of nitrogens with one attached hydrogen (secondary N) is 1. The van der Waals surface area contributed by atoms with E-state index in [4.69, 9.17) is 23.1 Å². The maximum atomic E-state index is 13.8. The second kappa shape index (κ2) is 8.13. The molecule has 4 rings (SSSR count). The van der Waals surface area contributed by atoms with Crippen LogP contribution in [0.25, 0.3) is 16.6 Å². The molecule has 4 aromatic rings. The number of halogens is 2. The first kappa shape index (κ1) is 21.0. The number of hydrogen-bond donors (Lipinski definition) is 3. The lowest BCUT2D eigenvalue weighted by Crippen LogP contribution is -2.27. The largest absolute Gasteiger partial charge is 0.382 e. The lowest BCUT2D eigenvalue weighted by molar-refractivity contribution is 0.629. The summed E-state index contributed by atoms with van der Waals surface area (Å²) < 4.78 is 15.2. The Hall–Kier alpha value is -4.23. The Labute approximate surface area is 186 Å². The van der Waals surface area contributed by atoms with Gasteiger partial charge in [0.05, 0.1) is 22.6 Å². The number of fused-ring (bicyclic) bond motifs is 1. The number of rotatable bonds is 4. The van der Waals surface area contributed by atoms with Crippen LogP contribution >= 0.6 is 11.6 Å². The lowest BCUT2D eigenvalue weighted by Gasteiger charge is -2.21. The van der Waals surface area contributed by atoms with Crippen LogP contribution in [0.2, 0.25) is 5.02 Å². The zero-order valence-electron chi connectivity index (χ0n) is 16.7. The predicted octanol–water partition coefficient (Wildman–Crippen LogP) is 3.18. The minimum absolute atomic E-state index is 0.00515. The second-order valence-corrected chi connectivity index (χ2v) is 7.36. The molecule has 0 saturated carbocycles. The molecule has 0 fully saturated rings. The third kappa shape index (κ3) is 3.77. The summed E-state index contributed by atoms with van der Waals surface area (Å²) in [5.41, 5.74) is 11.7. The summed E-state index contributed by atoms with van der Waals surface area (Å²) in [5.74, 6) is -0.389. The standard InChI is InChI=1S/C21H16ClFN8O/c1-10(27-18-15(9-24)17(25)29-21(26)30-18)19-28-16-6-5-12(23)8-14(16)20(32)31(19)13-4-2-3-11(22)7-13/h2-8,10H,1H3,(H5,25,26,27,29,30)/t10-/m0/s1. The van der Waals surface area contributed by atoms with Crippen LogP contribution in [-0.4, -0.2) is 19.5 Å². The second-order valence-electron chi connectivity index (χ2n) is 6.92. The highest BCUT2D eigenvalue weighted by molar-refractivity contribution is 6.30. The van der Waals surface area contributed by atoms with Crippen LogP contribution in [0.3, 0.4) is 0 Å². The molecule has 32 heavy (non-hydrogen) atoms. The molecule has 0 aliphatic heterocycles. The molecule has 0 saturated heterocycles. The average Bonchev–Trinajstić information content (AvgIpc) is 2.73. The molecule has 11 heteroatoms. The van der Waals surface area contributed by atoms with E-state index >= 15 is 0 Å². The number of nitrogens with two attached hydrogens (primary N) is 2. The van der Waals surface area contributed by atoms with Gasteiger partial charge < -0.3 is 16.8 Å². The molecule has 9 nitrogen and oxygen atoms in total. The Morgan fingerprint density at radius 3 is 2.69 bits per heavy atom. The van der Waals surface area contributed by atoms with Gasteiger partial charge in [0, 0.05) is 5.02 Å². The van der Waals surface area contributed by atoms with Gasteiger partial charge in [-0.1, -0.05) is 17.7 Å². The summed E-state index contributed by atoms with van der Waals surface area (Å²) in [6.45, 7) is 1.72. The first-order chi connectivity index (χ1) is 15.3. The molecule has 2 aromatic carbocycles. The van der Waals surface area contributed by atoms with Crippen LogP contribution in [0, 0.1) is 17.1 Å². The van der Waals surface area contributed by atoms with E-state index in [1.54, 1.807) is 31.2 Å². The zero-order chi connectivity index (χ0) is 23.0. The van der Waals surface area contributed by atoms with Crippen molar-refractivity contribution >= 4 is 40.1 Å². The topological polar surface area (TPSA) is 149 Å². The Morgan fingerprint density at radius 2 is 1.97 bits per heavy atom. The van der Waals surface area contributed by atoms with Gasteiger partial charge in [-0.15, -0.1) is 0 Å². The summed E-state index contributed by atoms with van der Waals surface area (Å²) in [6.07, 6.45) is 0. The molecule has 2 heterocycles. The van der Waals surface area contributed by atoms with Gasteiger partial charge in [-0.2, -0.15) is 15.2 Å². The monoisotopic (exact) mass is 450 g/mol. The van der Waals surface area contributed by atoms with E-state index in [0.29, 0.717) is 16.2 Å². The summed E-state index contributed by atoms with van der Waals surface area (Å²) >= 11 is 6.13. The summed E-state index contributed by atoms with van der Waals surface area (Å²) in [5, 5.41) is 13.0. The Morgan fingerprint density at radius 1 is 1.19 bits per heavy atom. The van der Waals surface area contributed by atoms with E-state index in [-0.39, 0.29) is 34.4 Å². The van der Waals surface area contributed by atoms with Gasteiger partial charge in [0.1, 0.15) is 29.1 Å². The quantitative estimate of drug-likeness (QED) is 0.429. The van der Waals surface area contributed by atoms with Crippen LogP contribution in [-0.2, 0) is 0 Å². The highest BCUT2D eigenvalue weighted by Gasteiger charge is 2.21. The van der Waals surface area contributed by atoms with E-state index in [9.17, 15) is 14.4 Å². The number of anilines is 3. The molecular weight excluding hydrogens is 435 g/mol. The fourth-order valence-electron chi connectivity index (χ4n) is 3.31. The highest BCUT2D eigenvalue weighted by Crippen LogP contribution is 2.26. The van der Waals surface area contributed by atoms with Gasteiger partial charge in [0.2, 0.25) is 5.95 Å². The van der Waals surface area contributed by atoms with Crippen molar-refractivity contribution in [1.82, 2.24) is 19.5 Å². The van der Waals surface area contributed by atoms with Gasteiger partial charge >= 0.3 is 0 Å². The average molecular weight is 451 g/mol. The molecule has 2 aromatic heterocycles. The number of nitrogen functional groups attached to an aromatic ring is 2. The van der Waals surface area contributed by atoms with Crippen LogP contribution in [0.4, 0.5) is 22.0 Å². The molecule has 0 radical (unpaired) electrons. The van der Waals surface area contributed by atoms with Crippen molar-refractivity contribution in [3.05, 3.63) is 75.0 Å². The number of aromatic nitrogens is 4. The molecule has 1 atom stereocenters. The van der Waals surface area contributed by atoms with Gasteiger partial charge in [0.25, 0.3) is 5.56 Å². The van der Waals surface area contributed by atoms with Crippen molar-refractivity contribution in [2.24, 2.45) is 0 Å². The summed E-state index contributed by atoms with van der Waals surface area (Å²) in [4.78, 5) is 25.8. The summed E-state index contributed by atoms with van der Waals surface area (Å²) in [7, 11) is 0. The Balaban J connectivity index is 1.94. The minimum atomic E-state index is -0.656. The molecule has 0 unspecified atom stereocenters. The van der Waals surface area contributed by atoms with Crippen molar-refractivity contribution in [3.63, 3.8) is 0 Å². The lowest BCUT2D eigenvalue weighted by atomic mass is 10.2.